The Hall–Kier alpha value is -2.92. The Morgan fingerprint density at radius 3 is 0.492 bits per heavy atom. The van der Waals surface area contributed by atoms with Crippen molar-refractivity contribution in [3.63, 3.8) is 0 Å². The Kier molecular flexibility index (Phi) is 75.6. The van der Waals surface area contributed by atoms with E-state index in [0.29, 0.717) is 35.9 Å². The van der Waals surface area contributed by atoms with E-state index < -0.39 is 167 Å². The molecule has 124 heavy (non-hydrogen) atoms. The summed E-state index contributed by atoms with van der Waals surface area (Å²) in [5, 5.41) is -2.86. The van der Waals surface area contributed by atoms with Crippen LogP contribution in [0.4, 0.5) is 0 Å². The standard InChI is InChI=1S/C28H50O9S4.2C17H28O8S4.C13H20O8S4/c1-7-27(15-34-23(29)19(3)9-38,16-35-24(30)20(4)10-39)13-33-14-28(8-2,17-36-25(31)21(5)11-40)18-37-26(32)22(6)12-41;1-9(26)13(18)22-5-17(6-23-14(19)10(2)27,7-24-15(20)11(3)28)8-25-16(21)12(4)29;18-13(1-5-26)22-9-17(10-23-14(19)2-6-27,11-24-15(20)3-7-28)12-25-16(21)4-8-29;14-9(1-22)18-5-13(6-19-10(15)2-23,7-20-11(16)3-24)8-21-12(17)4-25/h19-22,38-41H,7-18H2,1-6H3;9-12,26-29H,5-8H2,1-4H3;26-29H,1-12H2;22-25H,1-8H2. The molecular formula is C75H126O33S16. The lowest BCUT2D eigenvalue weighted by Gasteiger charge is -2.36. The molecule has 0 aliphatic heterocycles. The van der Waals surface area contributed by atoms with E-state index in [-0.39, 0.29) is 191 Å². The highest BCUT2D eigenvalue weighted by atomic mass is 32.1. The Balaban J connectivity index is -0.000000788. The van der Waals surface area contributed by atoms with Crippen molar-refractivity contribution in [1.29, 1.82) is 0 Å². The van der Waals surface area contributed by atoms with Crippen LogP contribution in [0.15, 0.2) is 0 Å². The molecule has 0 aromatic heterocycles. The third kappa shape index (κ3) is 59.5. The van der Waals surface area contributed by atoms with Crippen LogP contribution in [0.5, 0.6) is 0 Å². The van der Waals surface area contributed by atoms with Gasteiger partial charge in [-0.1, -0.05) is 41.5 Å². The number of carbonyl (C=O) groups is 16. The number of carbonyl (C=O) groups excluding carboxylic acids is 16. The summed E-state index contributed by atoms with van der Waals surface area (Å²) in [4.78, 5) is 190. The second-order valence-corrected chi connectivity index (χ2v) is 36.0. The molecule has 0 amide bonds. The van der Waals surface area contributed by atoms with Crippen LogP contribution in [0.1, 0.15) is 108 Å². The van der Waals surface area contributed by atoms with Crippen molar-refractivity contribution in [3.8, 4) is 0 Å². The summed E-state index contributed by atoms with van der Waals surface area (Å²) in [5.41, 5.74) is -5.56. The largest absolute Gasteiger partial charge is 0.465 e. The molecule has 0 fully saturated rings. The van der Waals surface area contributed by atoms with Gasteiger partial charge in [-0.25, -0.2) is 0 Å². The van der Waals surface area contributed by atoms with Crippen LogP contribution < -0.4 is 0 Å². The van der Waals surface area contributed by atoms with Crippen molar-refractivity contribution in [2.24, 2.45) is 50.7 Å². The molecule has 0 aromatic rings. The maximum absolute atomic E-state index is 12.4. The normalized spacial score (nSPS) is 14.4. The van der Waals surface area contributed by atoms with E-state index >= 15 is 0 Å². The summed E-state index contributed by atoms with van der Waals surface area (Å²) in [7, 11) is 0. The van der Waals surface area contributed by atoms with E-state index in [1.165, 1.54) is 27.7 Å². The highest BCUT2D eigenvalue weighted by Gasteiger charge is 2.43. The molecule has 8 unspecified atom stereocenters. The SMILES string of the molecule is CC(S)C(=O)OCC(COC(=O)C(C)S)(COC(=O)C(C)S)COC(=O)C(C)S.CCC(COCC(CC)(COC(=O)C(C)CS)COC(=O)C(C)CS)(COC(=O)C(C)CS)COC(=O)C(C)CS.O=C(CCS)OCC(COC(=O)CCS)(COC(=O)CCS)COC(=O)CCS.O=C(CS)OCC(COC(=O)CS)(COC(=O)CS)COC(=O)CS. The molecule has 33 nitrogen and oxygen atoms in total. The van der Waals surface area contributed by atoms with E-state index in [1.54, 1.807) is 27.7 Å². The molecule has 0 rings (SSSR count). The zero-order valence-corrected chi connectivity index (χ0v) is 85.5. The van der Waals surface area contributed by atoms with Gasteiger partial charge in [0.1, 0.15) is 122 Å². The number of ether oxygens (including phenoxy) is 17. The third-order valence-electron chi connectivity index (χ3n) is 16.6. The van der Waals surface area contributed by atoms with Gasteiger partial charge in [0.15, 0.2) is 0 Å². The van der Waals surface area contributed by atoms with Crippen LogP contribution in [0, 0.1) is 50.7 Å². The lowest BCUT2D eigenvalue weighted by atomic mass is 9.86. The zero-order valence-electron chi connectivity index (χ0n) is 71.2. The van der Waals surface area contributed by atoms with Crippen LogP contribution in [-0.2, 0) is 157 Å². The number of rotatable bonds is 62. The summed E-state index contributed by atoms with van der Waals surface area (Å²) >= 11 is 63.7. The first-order valence-electron chi connectivity index (χ1n) is 38.4. The molecule has 0 spiro atoms. The molecule has 49 heteroatoms. The van der Waals surface area contributed by atoms with Gasteiger partial charge in [0, 0.05) is 46.0 Å². The zero-order chi connectivity index (χ0) is 95.8. The van der Waals surface area contributed by atoms with Crippen LogP contribution in [0.3, 0.4) is 0 Å². The molecule has 8 atom stereocenters. The Bertz CT molecular complexity index is 2800. The van der Waals surface area contributed by atoms with Crippen LogP contribution in [0.25, 0.3) is 0 Å². The molecular weight excluding hydrogens is 1940 g/mol. The fourth-order valence-corrected chi connectivity index (χ4v) is 9.93. The molecule has 0 N–H and O–H groups in total. The first-order valence-corrected chi connectivity index (χ1v) is 48.1. The van der Waals surface area contributed by atoms with Crippen molar-refractivity contribution in [2.75, 3.05) is 188 Å². The molecule has 0 saturated heterocycles. The van der Waals surface area contributed by atoms with E-state index in [0.717, 1.165) is 0 Å². The summed E-state index contributed by atoms with van der Waals surface area (Å²) < 4.78 is 90.3. The average molecular weight is 2070 g/mol. The Morgan fingerprint density at radius 2 is 0.355 bits per heavy atom. The van der Waals surface area contributed by atoms with Crippen molar-refractivity contribution in [2.45, 2.75) is 129 Å². The van der Waals surface area contributed by atoms with Crippen LogP contribution in [0.2, 0.25) is 0 Å². The maximum atomic E-state index is 12.4. The van der Waals surface area contributed by atoms with Gasteiger partial charge in [0.2, 0.25) is 0 Å². The summed E-state index contributed by atoms with van der Waals surface area (Å²) in [6.07, 6.45) is 1.21. The average Bonchev–Trinajstić information content (AvgIpc) is 0.852. The Morgan fingerprint density at radius 1 is 0.210 bits per heavy atom. The third-order valence-corrected chi connectivity index (χ3v) is 21.6. The van der Waals surface area contributed by atoms with Gasteiger partial charge in [0.05, 0.1) is 117 Å². The number of thiol groups is 16. The summed E-state index contributed by atoms with van der Waals surface area (Å²) in [6, 6.07) is 0. The quantitative estimate of drug-likeness (QED) is 0.0166. The molecule has 0 radical (unpaired) electrons. The molecule has 0 aromatic carbocycles. The highest BCUT2D eigenvalue weighted by molar-refractivity contribution is 7.83. The van der Waals surface area contributed by atoms with E-state index in [2.05, 4.69) is 202 Å². The van der Waals surface area contributed by atoms with Gasteiger partial charge in [-0.05, 0) is 40.5 Å². The summed E-state index contributed by atoms with van der Waals surface area (Å²) in [6.45, 7) is 12.9. The van der Waals surface area contributed by atoms with Crippen molar-refractivity contribution >= 4 is 298 Å². The fourth-order valence-electron chi connectivity index (χ4n) is 7.94. The van der Waals surface area contributed by atoms with E-state index in [1.807, 2.05) is 13.8 Å². The van der Waals surface area contributed by atoms with Crippen LogP contribution in [-0.4, -0.2) is 304 Å². The smallest absolute Gasteiger partial charge is 0.318 e. The predicted octanol–water partition coefficient (Wildman–Crippen LogP) is 6.94. The number of hydrogen-bond acceptors (Lipinski definition) is 49. The minimum atomic E-state index is -1.34. The monoisotopic (exact) mass is 2070 g/mol. The highest BCUT2D eigenvalue weighted by Crippen LogP contribution is 2.32. The van der Waals surface area contributed by atoms with Gasteiger partial charge in [-0.3, -0.25) is 76.7 Å². The van der Waals surface area contributed by atoms with Crippen LogP contribution >= 0.6 is 202 Å². The number of hydrogen-bond donors (Lipinski definition) is 16. The first kappa shape index (κ1) is 127. The molecule has 0 aliphatic carbocycles. The minimum absolute atomic E-state index is 0.0367. The second kappa shape index (κ2) is 73.6. The van der Waals surface area contributed by atoms with Gasteiger partial charge < -0.3 is 80.5 Å². The lowest BCUT2D eigenvalue weighted by molar-refractivity contribution is -0.173. The van der Waals surface area contributed by atoms with Gasteiger partial charge in [-0.2, -0.15) is 202 Å². The topological polar surface area (TPSA) is 430 Å². The van der Waals surface area contributed by atoms with E-state index in [9.17, 15) is 76.7 Å². The molecule has 0 heterocycles. The molecule has 0 bridgehead atoms. The predicted molar refractivity (Wildman–Crippen MR) is 514 cm³/mol. The van der Waals surface area contributed by atoms with Gasteiger partial charge in [-0.15, -0.1) is 0 Å². The van der Waals surface area contributed by atoms with Gasteiger partial charge >= 0.3 is 95.5 Å². The number of esters is 16. The maximum Gasteiger partial charge on any atom is 0.318 e. The lowest BCUT2D eigenvalue weighted by Crippen LogP contribution is -2.45. The van der Waals surface area contributed by atoms with Gasteiger partial charge in [0.25, 0.3) is 0 Å². The molecule has 720 valence electrons. The summed E-state index contributed by atoms with van der Waals surface area (Å²) in [5.74, 6) is -8.80. The van der Waals surface area contributed by atoms with Crippen molar-refractivity contribution in [1.82, 2.24) is 0 Å². The molecule has 0 aliphatic rings. The Labute approximate surface area is 815 Å². The minimum Gasteiger partial charge on any atom is -0.465 e. The molecule has 0 saturated carbocycles. The fraction of sp³-hybridized carbons (Fsp3) is 0.787. The van der Waals surface area contributed by atoms with Crippen molar-refractivity contribution < 1.29 is 157 Å². The van der Waals surface area contributed by atoms with Crippen molar-refractivity contribution in [3.05, 3.63) is 0 Å². The second-order valence-electron chi connectivity index (χ2n) is 28.4. The van der Waals surface area contributed by atoms with E-state index in [4.69, 9.17) is 80.5 Å². The first-order chi connectivity index (χ1) is 58.2.